The largest absolute Gasteiger partial charge is 0.480 e. The van der Waals surface area contributed by atoms with Crippen molar-refractivity contribution in [3.63, 3.8) is 0 Å². The molecule has 4 aromatic rings. The van der Waals surface area contributed by atoms with E-state index in [1.54, 1.807) is 38.5 Å². The smallest absolute Gasteiger partial charge is 0.267 e. The number of benzene rings is 1. The molecule has 0 unspecified atom stereocenters. The van der Waals surface area contributed by atoms with Crippen LogP contribution < -0.4 is 20.1 Å². The fourth-order valence-corrected chi connectivity index (χ4v) is 4.63. The first kappa shape index (κ1) is 22.5. The highest BCUT2D eigenvalue weighted by Gasteiger charge is 2.22. The molecule has 0 radical (unpaired) electrons. The summed E-state index contributed by atoms with van der Waals surface area (Å²) in [7, 11) is 0.808. The van der Waals surface area contributed by atoms with Crippen LogP contribution in [-0.2, 0) is 10.0 Å². The van der Waals surface area contributed by atoms with Crippen LogP contribution in [0, 0.1) is 0 Å². The molecule has 4 rings (SSSR count). The molecule has 0 atom stereocenters. The summed E-state index contributed by atoms with van der Waals surface area (Å²) in [5, 5.41) is 6.87. The standard InChI is InChI=1S/C21H20ClN7O3S/c1-23-19-16(8-13-10-26-21(24-2)28-18(13)27-19)12-5-4-6-15(7-12)29-33(30,31)17-9-14(22)11-25-20(17)32-3/h4-11,29H,1-3H3,(H2,23,24,26,27,28). The summed E-state index contributed by atoms with van der Waals surface area (Å²) >= 11 is 5.95. The van der Waals surface area contributed by atoms with Gasteiger partial charge in [-0.2, -0.15) is 4.98 Å². The van der Waals surface area contributed by atoms with E-state index in [0.717, 1.165) is 16.5 Å². The quantitative estimate of drug-likeness (QED) is 0.359. The molecule has 0 bridgehead atoms. The maximum absolute atomic E-state index is 13.0. The van der Waals surface area contributed by atoms with Crippen LogP contribution in [0.3, 0.4) is 0 Å². The van der Waals surface area contributed by atoms with Gasteiger partial charge in [0.15, 0.2) is 10.5 Å². The van der Waals surface area contributed by atoms with Crippen LogP contribution in [0.1, 0.15) is 0 Å². The van der Waals surface area contributed by atoms with Crippen LogP contribution in [-0.4, -0.2) is 49.6 Å². The third-order valence-corrected chi connectivity index (χ3v) is 6.31. The SMILES string of the molecule is CNc1ncc2cc(-c3cccc(NS(=O)(=O)c4cc(Cl)cnc4OC)c3)c(NC)nc2n1. The molecule has 0 saturated heterocycles. The topological polar surface area (TPSA) is 131 Å². The number of ether oxygens (including phenoxy) is 1. The number of methoxy groups -OCH3 is 1. The Kier molecular flexibility index (Phi) is 6.16. The molecular formula is C21H20ClN7O3S. The number of rotatable bonds is 7. The predicted octanol–water partition coefficient (Wildman–Crippen LogP) is 3.63. The minimum Gasteiger partial charge on any atom is -0.480 e. The zero-order valence-electron chi connectivity index (χ0n) is 17.9. The van der Waals surface area contributed by atoms with Gasteiger partial charge in [0.2, 0.25) is 11.8 Å². The Morgan fingerprint density at radius 2 is 1.82 bits per heavy atom. The van der Waals surface area contributed by atoms with Crippen LogP contribution in [0.5, 0.6) is 5.88 Å². The first-order chi connectivity index (χ1) is 15.8. The summed E-state index contributed by atoms with van der Waals surface area (Å²) in [6.07, 6.45) is 2.99. The number of sulfonamides is 1. The van der Waals surface area contributed by atoms with Gasteiger partial charge in [0.25, 0.3) is 10.0 Å². The zero-order valence-corrected chi connectivity index (χ0v) is 19.5. The number of anilines is 3. The second kappa shape index (κ2) is 9.04. The molecule has 0 aliphatic rings. The van der Waals surface area contributed by atoms with Crippen molar-refractivity contribution in [2.75, 3.05) is 36.6 Å². The molecule has 0 spiro atoms. The molecule has 10 nitrogen and oxygen atoms in total. The Morgan fingerprint density at radius 1 is 1.00 bits per heavy atom. The second-order valence-electron chi connectivity index (χ2n) is 6.84. The van der Waals surface area contributed by atoms with Gasteiger partial charge < -0.3 is 15.4 Å². The van der Waals surface area contributed by atoms with Crippen LogP contribution in [0.25, 0.3) is 22.2 Å². The summed E-state index contributed by atoms with van der Waals surface area (Å²) in [6, 6.07) is 10.1. The molecule has 33 heavy (non-hydrogen) atoms. The Bertz CT molecular complexity index is 1450. The Labute approximate surface area is 195 Å². The minimum absolute atomic E-state index is 0.0554. The first-order valence-corrected chi connectivity index (χ1v) is 11.6. The van der Waals surface area contributed by atoms with E-state index in [-0.39, 0.29) is 15.8 Å². The summed E-state index contributed by atoms with van der Waals surface area (Å²) in [5.41, 5.74) is 2.37. The molecule has 0 fully saturated rings. The summed E-state index contributed by atoms with van der Waals surface area (Å²) in [6.45, 7) is 0. The minimum atomic E-state index is -4.02. The molecule has 3 aromatic heterocycles. The Hall–Kier alpha value is -3.70. The van der Waals surface area contributed by atoms with Crippen LogP contribution in [0.4, 0.5) is 17.5 Å². The fourth-order valence-electron chi connectivity index (χ4n) is 3.21. The molecule has 12 heteroatoms. The lowest BCUT2D eigenvalue weighted by atomic mass is 10.0. The molecule has 0 aliphatic heterocycles. The number of hydrogen-bond donors (Lipinski definition) is 3. The molecule has 170 valence electrons. The molecule has 0 saturated carbocycles. The average Bonchev–Trinajstić information content (AvgIpc) is 2.82. The molecule has 1 aromatic carbocycles. The van der Waals surface area contributed by atoms with E-state index in [0.29, 0.717) is 23.1 Å². The van der Waals surface area contributed by atoms with Gasteiger partial charge >= 0.3 is 0 Å². The van der Waals surface area contributed by atoms with Crippen LogP contribution in [0.2, 0.25) is 5.02 Å². The number of fused-ring (bicyclic) bond motifs is 1. The van der Waals surface area contributed by atoms with Crippen molar-refractivity contribution < 1.29 is 13.2 Å². The van der Waals surface area contributed by atoms with Crippen LogP contribution in [0.15, 0.2) is 53.7 Å². The highest BCUT2D eigenvalue weighted by Crippen LogP contribution is 2.32. The van der Waals surface area contributed by atoms with Crippen molar-refractivity contribution in [1.82, 2.24) is 19.9 Å². The van der Waals surface area contributed by atoms with Gasteiger partial charge in [-0.15, -0.1) is 0 Å². The first-order valence-electron chi connectivity index (χ1n) is 9.70. The fraction of sp³-hybridized carbons (Fsp3) is 0.143. The lowest BCUT2D eigenvalue weighted by molar-refractivity contribution is 0.385. The number of aromatic nitrogens is 4. The number of pyridine rings is 2. The van der Waals surface area contributed by atoms with Crippen molar-refractivity contribution in [3.05, 3.63) is 53.8 Å². The van der Waals surface area contributed by atoms with Crippen LogP contribution >= 0.6 is 11.6 Å². The molecule has 3 N–H and O–H groups in total. The Balaban J connectivity index is 1.74. The second-order valence-corrected chi connectivity index (χ2v) is 8.93. The van der Waals surface area contributed by atoms with Gasteiger partial charge in [0.1, 0.15) is 5.82 Å². The van der Waals surface area contributed by atoms with Gasteiger partial charge in [-0.1, -0.05) is 23.7 Å². The van der Waals surface area contributed by atoms with Crippen molar-refractivity contribution in [1.29, 1.82) is 0 Å². The van der Waals surface area contributed by atoms with Crippen molar-refractivity contribution in [2.24, 2.45) is 0 Å². The number of nitrogens with one attached hydrogen (secondary N) is 3. The van der Waals surface area contributed by atoms with Gasteiger partial charge in [0.05, 0.1) is 12.1 Å². The summed E-state index contributed by atoms with van der Waals surface area (Å²) in [5.74, 6) is 0.997. The number of nitrogens with zero attached hydrogens (tertiary/aromatic N) is 4. The van der Waals surface area contributed by atoms with Crippen molar-refractivity contribution in [2.45, 2.75) is 4.90 Å². The summed E-state index contributed by atoms with van der Waals surface area (Å²) < 4.78 is 33.6. The lowest BCUT2D eigenvalue weighted by Gasteiger charge is -2.14. The number of halogens is 1. The maximum Gasteiger partial charge on any atom is 0.267 e. The van der Waals surface area contributed by atoms with E-state index >= 15 is 0 Å². The van der Waals surface area contributed by atoms with Crippen molar-refractivity contribution in [3.8, 4) is 17.0 Å². The normalized spacial score (nSPS) is 11.3. The van der Waals surface area contributed by atoms with E-state index in [4.69, 9.17) is 16.3 Å². The van der Waals surface area contributed by atoms with Gasteiger partial charge in [-0.05, 0) is 29.8 Å². The molecule has 3 heterocycles. The highest BCUT2D eigenvalue weighted by molar-refractivity contribution is 7.92. The summed E-state index contributed by atoms with van der Waals surface area (Å²) in [4.78, 5) is 16.9. The van der Waals surface area contributed by atoms with E-state index in [1.165, 1.54) is 19.4 Å². The molecular weight excluding hydrogens is 466 g/mol. The lowest BCUT2D eigenvalue weighted by Crippen LogP contribution is -2.14. The van der Waals surface area contributed by atoms with E-state index in [1.807, 2.05) is 12.1 Å². The zero-order chi connectivity index (χ0) is 23.6. The van der Waals surface area contributed by atoms with Gasteiger partial charge in [-0.25, -0.2) is 23.4 Å². The average molecular weight is 486 g/mol. The highest BCUT2D eigenvalue weighted by atomic mass is 35.5. The number of hydrogen-bond acceptors (Lipinski definition) is 9. The predicted molar refractivity (Wildman–Crippen MR) is 128 cm³/mol. The van der Waals surface area contributed by atoms with E-state index in [9.17, 15) is 8.42 Å². The third kappa shape index (κ3) is 4.59. The van der Waals surface area contributed by atoms with Gasteiger partial charge in [-0.3, -0.25) is 4.72 Å². The van der Waals surface area contributed by atoms with E-state index in [2.05, 4.69) is 35.3 Å². The Morgan fingerprint density at radius 3 is 2.55 bits per heavy atom. The third-order valence-electron chi connectivity index (χ3n) is 4.72. The molecule has 0 aliphatic carbocycles. The monoisotopic (exact) mass is 485 g/mol. The van der Waals surface area contributed by atoms with E-state index < -0.39 is 10.0 Å². The van der Waals surface area contributed by atoms with Gasteiger partial charge in [0, 0.05) is 43.1 Å². The molecule has 0 amide bonds. The van der Waals surface area contributed by atoms with Crippen molar-refractivity contribution >= 4 is 50.1 Å². The maximum atomic E-state index is 13.0.